The van der Waals surface area contributed by atoms with Crippen molar-refractivity contribution in [2.45, 2.75) is 192 Å². The van der Waals surface area contributed by atoms with Gasteiger partial charge in [-0.05, 0) is 65.3 Å². The summed E-state index contributed by atoms with van der Waals surface area (Å²) in [7, 11) is 1.69. The molecule has 0 radical (unpaired) electrons. The highest BCUT2D eigenvalue weighted by Crippen LogP contribution is 2.14. The average molecular weight is 1130 g/mol. The lowest BCUT2D eigenvalue weighted by atomic mass is 10.0. The Kier molecular flexibility index (Phi) is 45.6. The van der Waals surface area contributed by atoms with Crippen LogP contribution in [-0.2, 0) is 71.7 Å². The van der Waals surface area contributed by atoms with E-state index in [0.29, 0.717) is 32.2 Å². The molecule has 0 aliphatic carbocycles. The summed E-state index contributed by atoms with van der Waals surface area (Å²) in [5.41, 5.74) is 0. The molecule has 0 bridgehead atoms. The first kappa shape index (κ1) is 73.2. The Balaban J connectivity index is 3.97. The van der Waals surface area contributed by atoms with Crippen LogP contribution in [0.15, 0.2) is 0 Å². The molecule has 0 rings (SSSR count). The minimum absolute atomic E-state index is 0.0165. The number of carboxylic acids is 4. The SMILES string of the molecule is CN[C@@H](CCCCNC(=O)CC[C@H](NC(=O)CC[C@H](NC(=O)COCCOCCNC(=O)COCCOCCNC(=O)CC[C@H](NC(=O)CCCCCCCCCCCCCCCCC(=O)O)C(=O)O)C(=O)O)C(=O)O)C(C)=O. The summed E-state index contributed by atoms with van der Waals surface area (Å²) in [6.07, 6.45) is 15.8. The summed E-state index contributed by atoms with van der Waals surface area (Å²) in [6, 6.07) is -4.32. The second-order valence-corrected chi connectivity index (χ2v) is 19.2. The molecule has 0 saturated carbocycles. The lowest BCUT2D eigenvalue weighted by Crippen LogP contribution is -2.45. The molecule has 4 atom stereocenters. The maximum absolute atomic E-state index is 12.5. The fourth-order valence-electron chi connectivity index (χ4n) is 7.83. The molecular weight excluding hydrogens is 1040 g/mol. The molecule has 0 spiro atoms. The Labute approximate surface area is 464 Å². The molecule has 0 aromatic carbocycles. The fourth-order valence-corrected chi connectivity index (χ4v) is 7.83. The minimum atomic E-state index is -1.48. The molecule has 0 aromatic rings. The molecule has 26 heteroatoms. The molecule has 0 heterocycles. The number of hydrogen-bond donors (Lipinski definition) is 11. The summed E-state index contributed by atoms with van der Waals surface area (Å²) in [6.45, 7) is 1.83. The van der Waals surface area contributed by atoms with Gasteiger partial charge in [0, 0.05) is 51.7 Å². The molecule has 0 unspecified atom stereocenters. The maximum atomic E-state index is 12.5. The second kappa shape index (κ2) is 49.2. The van der Waals surface area contributed by atoms with Crippen LogP contribution in [0.4, 0.5) is 0 Å². The summed E-state index contributed by atoms with van der Waals surface area (Å²) in [5.74, 6) is -7.88. The van der Waals surface area contributed by atoms with Crippen molar-refractivity contribution >= 4 is 65.1 Å². The highest BCUT2D eigenvalue weighted by atomic mass is 16.5. The molecule has 79 heavy (non-hydrogen) atoms. The van der Waals surface area contributed by atoms with E-state index in [1.165, 1.54) is 39.0 Å². The predicted octanol–water partition coefficient (Wildman–Crippen LogP) is 2.12. The van der Waals surface area contributed by atoms with Crippen LogP contribution in [-0.4, -0.2) is 189 Å². The molecule has 26 nitrogen and oxygen atoms in total. The van der Waals surface area contributed by atoms with Crippen molar-refractivity contribution < 1.29 is 92.1 Å². The first-order valence-corrected chi connectivity index (χ1v) is 27.9. The fraction of sp³-hybridized carbons (Fsp3) is 0.792. The van der Waals surface area contributed by atoms with Gasteiger partial charge in [-0.15, -0.1) is 0 Å². The number of aliphatic carboxylic acids is 4. The van der Waals surface area contributed by atoms with Crippen molar-refractivity contribution in [3.63, 3.8) is 0 Å². The maximum Gasteiger partial charge on any atom is 0.326 e. The topological polar surface area (TPSA) is 390 Å². The largest absolute Gasteiger partial charge is 0.481 e. The van der Waals surface area contributed by atoms with E-state index in [1.807, 2.05) is 0 Å². The van der Waals surface area contributed by atoms with Crippen LogP contribution in [0.1, 0.15) is 167 Å². The lowest BCUT2D eigenvalue weighted by Gasteiger charge is -2.17. The molecule has 0 aliphatic rings. The van der Waals surface area contributed by atoms with E-state index < -0.39 is 84.6 Å². The van der Waals surface area contributed by atoms with Gasteiger partial charge < -0.3 is 76.6 Å². The van der Waals surface area contributed by atoms with E-state index in [0.717, 1.165) is 51.4 Å². The van der Waals surface area contributed by atoms with Gasteiger partial charge in [-0.3, -0.25) is 38.4 Å². The zero-order valence-electron chi connectivity index (χ0n) is 46.7. The average Bonchev–Trinajstić information content (AvgIpc) is 3.39. The van der Waals surface area contributed by atoms with Crippen molar-refractivity contribution in [3.8, 4) is 0 Å². The first-order valence-electron chi connectivity index (χ1n) is 27.9. The van der Waals surface area contributed by atoms with E-state index in [2.05, 4.69) is 37.2 Å². The number of Topliss-reactive ketones (excluding diaryl/α,β-unsaturated/α-hetero) is 1. The van der Waals surface area contributed by atoms with Crippen LogP contribution in [0.3, 0.4) is 0 Å². The lowest BCUT2D eigenvalue weighted by molar-refractivity contribution is -0.144. The van der Waals surface area contributed by atoms with Gasteiger partial charge in [0.25, 0.3) is 0 Å². The Morgan fingerprint density at radius 1 is 0.342 bits per heavy atom. The van der Waals surface area contributed by atoms with E-state index >= 15 is 0 Å². The number of nitrogens with one attached hydrogen (secondary N) is 7. The summed E-state index contributed by atoms with van der Waals surface area (Å²) in [5, 5.41) is 55.1. The van der Waals surface area contributed by atoms with Gasteiger partial charge in [-0.25, -0.2) is 14.4 Å². The van der Waals surface area contributed by atoms with Crippen LogP contribution < -0.4 is 37.2 Å². The smallest absolute Gasteiger partial charge is 0.326 e. The molecule has 0 aliphatic heterocycles. The van der Waals surface area contributed by atoms with Gasteiger partial charge in [0.2, 0.25) is 35.4 Å². The van der Waals surface area contributed by atoms with Crippen LogP contribution >= 0.6 is 0 Å². The quantitative estimate of drug-likeness (QED) is 0.0389. The highest BCUT2D eigenvalue weighted by molar-refractivity contribution is 5.87. The molecule has 0 fully saturated rings. The van der Waals surface area contributed by atoms with E-state index in [-0.39, 0.29) is 122 Å². The molecule has 11 N–H and O–H groups in total. The van der Waals surface area contributed by atoms with Crippen LogP contribution in [0.5, 0.6) is 0 Å². The van der Waals surface area contributed by atoms with Gasteiger partial charge >= 0.3 is 23.9 Å². The molecule has 0 saturated heterocycles. The number of unbranched alkanes of at least 4 members (excludes halogenated alkanes) is 14. The number of carbonyl (C=O) groups is 11. The van der Waals surface area contributed by atoms with Crippen LogP contribution in [0.2, 0.25) is 0 Å². The van der Waals surface area contributed by atoms with E-state index in [1.54, 1.807) is 7.05 Å². The zero-order valence-corrected chi connectivity index (χ0v) is 46.7. The van der Waals surface area contributed by atoms with Crippen molar-refractivity contribution in [1.29, 1.82) is 0 Å². The zero-order chi connectivity index (χ0) is 58.9. The Morgan fingerprint density at radius 3 is 1.11 bits per heavy atom. The third kappa shape index (κ3) is 45.7. The highest BCUT2D eigenvalue weighted by Gasteiger charge is 2.25. The van der Waals surface area contributed by atoms with Gasteiger partial charge in [0.05, 0.1) is 45.7 Å². The summed E-state index contributed by atoms with van der Waals surface area (Å²) in [4.78, 5) is 131. The third-order valence-corrected chi connectivity index (χ3v) is 12.4. The molecule has 454 valence electrons. The second-order valence-electron chi connectivity index (χ2n) is 19.2. The number of hydrogen-bond acceptors (Lipinski definition) is 16. The number of amides is 6. The Bertz CT molecular complexity index is 1790. The Hall–Kier alpha value is -5.83. The third-order valence-electron chi connectivity index (χ3n) is 12.4. The monoisotopic (exact) mass is 1130 g/mol. The summed E-state index contributed by atoms with van der Waals surface area (Å²) < 4.78 is 21.2. The predicted molar refractivity (Wildman–Crippen MR) is 288 cm³/mol. The van der Waals surface area contributed by atoms with Crippen LogP contribution in [0.25, 0.3) is 0 Å². The number of ether oxygens (including phenoxy) is 4. The van der Waals surface area contributed by atoms with Crippen molar-refractivity contribution in [1.82, 2.24) is 37.2 Å². The normalized spacial score (nSPS) is 12.5. The van der Waals surface area contributed by atoms with Gasteiger partial charge in [-0.2, -0.15) is 0 Å². The van der Waals surface area contributed by atoms with Crippen molar-refractivity contribution in [3.05, 3.63) is 0 Å². The molecule has 0 aromatic heterocycles. The van der Waals surface area contributed by atoms with Gasteiger partial charge in [0.1, 0.15) is 37.1 Å². The number of ketones is 1. The first-order chi connectivity index (χ1) is 37.9. The molecular formula is C53H93N7O19. The standard InChI is InChI=1S/C53H93N7O19/c1-39(61)40(54-2)19-17-18-28-55-44(62)25-22-42(52(72)73)59-47(65)27-24-43(53(74)75)60-49(67)38-79-36-34-77-32-30-57-48(66)37-78-35-33-76-31-29-56-45(63)26-23-41(51(70)71)58-46(64)20-15-13-11-9-7-5-3-4-6-8-10-12-14-16-21-50(68)69/h40-43,54H,3-38H2,1-2H3,(H,55,62)(H,56,63)(H,57,66)(H,58,64)(H,59,65)(H,60,67)(H,68,69)(H,70,71)(H,72,73)(H,74,75)/t40-,41-,42-,43-/m0/s1. The number of carboxylic acid groups (broad SMARTS) is 4. The van der Waals surface area contributed by atoms with E-state index in [4.69, 9.17) is 24.1 Å². The minimum Gasteiger partial charge on any atom is -0.481 e. The van der Waals surface area contributed by atoms with Crippen molar-refractivity contribution in [2.24, 2.45) is 0 Å². The summed E-state index contributed by atoms with van der Waals surface area (Å²) >= 11 is 0. The number of likely N-dealkylation sites (N-methyl/N-ethyl adjacent to an activating group) is 1. The number of carbonyl (C=O) groups excluding carboxylic acids is 7. The molecule has 6 amide bonds. The van der Waals surface area contributed by atoms with Crippen molar-refractivity contribution in [2.75, 3.05) is 79.5 Å². The van der Waals surface area contributed by atoms with E-state index in [9.17, 15) is 68.1 Å². The Morgan fingerprint density at radius 2 is 0.696 bits per heavy atom. The van der Waals surface area contributed by atoms with Gasteiger partial charge in [0.15, 0.2) is 0 Å². The number of rotatable bonds is 55. The van der Waals surface area contributed by atoms with Gasteiger partial charge in [-0.1, -0.05) is 77.0 Å². The van der Waals surface area contributed by atoms with Crippen LogP contribution in [0, 0.1) is 0 Å².